The third kappa shape index (κ3) is 4.31. The number of rotatable bonds is 2. The number of aromatic hydroxyl groups is 2. The Morgan fingerprint density at radius 1 is 0.625 bits per heavy atom. The van der Waals surface area contributed by atoms with Crippen molar-refractivity contribution < 1.29 is 10.2 Å². The highest BCUT2D eigenvalue weighted by molar-refractivity contribution is 5.35. The van der Waals surface area contributed by atoms with E-state index >= 15 is 0 Å². The van der Waals surface area contributed by atoms with E-state index in [4.69, 9.17) is 5.11 Å². The molecule has 24 heavy (non-hydrogen) atoms. The SMILES string of the molecule is Oc1ccc(C2CCCC2)cc1.Oc1ccccc1C1CCCC1. The van der Waals surface area contributed by atoms with E-state index in [9.17, 15) is 5.11 Å². The Morgan fingerprint density at radius 2 is 1.17 bits per heavy atom. The van der Waals surface area contributed by atoms with E-state index in [0.717, 1.165) is 11.5 Å². The zero-order valence-corrected chi connectivity index (χ0v) is 14.3. The molecular formula is C22H28O2. The predicted molar refractivity (Wildman–Crippen MR) is 98.6 cm³/mol. The lowest BCUT2D eigenvalue weighted by atomic mass is 9.97. The lowest BCUT2D eigenvalue weighted by Gasteiger charge is -2.10. The summed E-state index contributed by atoms with van der Waals surface area (Å²) in [5.74, 6) is 2.22. The zero-order chi connectivity index (χ0) is 16.8. The van der Waals surface area contributed by atoms with Gasteiger partial charge in [-0.05, 0) is 66.8 Å². The van der Waals surface area contributed by atoms with Crippen LogP contribution >= 0.6 is 0 Å². The van der Waals surface area contributed by atoms with Crippen LogP contribution in [-0.4, -0.2) is 10.2 Å². The molecular weight excluding hydrogens is 296 g/mol. The molecule has 2 heteroatoms. The third-order valence-corrected chi connectivity index (χ3v) is 5.45. The number of benzene rings is 2. The molecule has 0 heterocycles. The molecule has 0 spiro atoms. The van der Waals surface area contributed by atoms with Crippen LogP contribution in [-0.2, 0) is 0 Å². The molecule has 2 nitrogen and oxygen atoms in total. The maximum Gasteiger partial charge on any atom is 0.119 e. The summed E-state index contributed by atoms with van der Waals surface area (Å²) in [6, 6.07) is 15.4. The molecule has 0 bridgehead atoms. The Bertz CT molecular complexity index is 621. The highest BCUT2D eigenvalue weighted by atomic mass is 16.3. The molecule has 0 saturated heterocycles. The summed E-state index contributed by atoms with van der Waals surface area (Å²) < 4.78 is 0. The maximum absolute atomic E-state index is 9.57. The number of hydrogen-bond donors (Lipinski definition) is 2. The van der Waals surface area contributed by atoms with Crippen LogP contribution in [0.15, 0.2) is 48.5 Å². The normalized spacial score (nSPS) is 18.3. The van der Waals surface area contributed by atoms with Gasteiger partial charge < -0.3 is 10.2 Å². The summed E-state index contributed by atoms with van der Waals surface area (Å²) in [6.07, 6.45) is 10.5. The van der Waals surface area contributed by atoms with E-state index in [1.54, 1.807) is 18.2 Å². The molecule has 2 aromatic carbocycles. The van der Waals surface area contributed by atoms with Crippen LogP contribution in [0, 0.1) is 0 Å². The summed E-state index contributed by atoms with van der Waals surface area (Å²) in [7, 11) is 0. The van der Waals surface area contributed by atoms with Crippen molar-refractivity contribution in [3.8, 4) is 11.5 Å². The van der Waals surface area contributed by atoms with E-state index in [-0.39, 0.29) is 0 Å². The van der Waals surface area contributed by atoms with Gasteiger partial charge in [-0.15, -0.1) is 0 Å². The van der Waals surface area contributed by atoms with Crippen molar-refractivity contribution in [1.29, 1.82) is 0 Å². The lowest BCUT2D eigenvalue weighted by Crippen LogP contribution is -1.91. The summed E-state index contributed by atoms with van der Waals surface area (Å²) in [5.41, 5.74) is 2.54. The molecule has 0 aromatic heterocycles. The van der Waals surface area contributed by atoms with Crippen LogP contribution in [0.3, 0.4) is 0 Å². The van der Waals surface area contributed by atoms with Crippen molar-refractivity contribution in [2.75, 3.05) is 0 Å². The van der Waals surface area contributed by atoms with Crippen molar-refractivity contribution in [3.05, 3.63) is 59.7 Å². The minimum absolute atomic E-state index is 0.372. The maximum atomic E-state index is 9.57. The van der Waals surface area contributed by atoms with Gasteiger partial charge in [-0.3, -0.25) is 0 Å². The number of para-hydroxylation sites is 1. The van der Waals surface area contributed by atoms with Gasteiger partial charge in [0.15, 0.2) is 0 Å². The fourth-order valence-electron chi connectivity index (χ4n) is 4.08. The molecule has 2 N–H and O–H groups in total. The zero-order valence-electron chi connectivity index (χ0n) is 14.3. The van der Waals surface area contributed by atoms with E-state index in [0.29, 0.717) is 17.4 Å². The first-order valence-corrected chi connectivity index (χ1v) is 9.31. The minimum Gasteiger partial charge on any atom is -0.508 e. The van der Waals surface area contributed by atoms with Crippen LogP contribution in [0.4, 0.5) is 0 Å². The summed E-state index contributed by atoms with van der Waals surface area (Å²) in [5, 5.41) is 18.7. The predicted octanol–water partition coefficient (Wildman–Crippen LogP) is 6.10. The highest BCUT2D eigenvalue weighted by Crippen LogP contribution is 2.38. The molecule has 2 saturated carbocycles. The van der Waals surface area contributed by atoms with Crippen molar-refractivity contribution in [1.82, 2.24) is 0 Å². The van der Waals surface area contributed by atoms with Crippen LogP contribution in [0.5, 0.6) is 11.5 Å². The Balaban J connectivity index is 0.000000141. The quantitative estimate of drug-likeness (QED) is 0.700. The Morgan fingerprint density at radius 3 is 1.75 bits per heavy atom. The molecule has 2 aliphatic rings. The second-order valence-corrected chi connectivity index (χ2v) is 7.11. The second kappa shape index (κ2) is 8.23. The van der Waals surface area contributed by atoms with E-state index in [1.165, 1.54) is 56.9 Å². The van der Waals surface area contributed by atoms with Crippen molar-refractivity contribution in [2.24, 2.45) is 0 Å². The highest BCUT2D eigenvalue weighted by Gasteiger charge is 2.19. The van der Waals surface area contributed by atoms with E-state index < -0.39 is 0 Å². The lowest BCUT2D eigenvalue weighted by molar-refractivity contribution is 0.461. The van der Waals surface area contributed by atoms with Crippen LogP contribution in [0.2, 0.25) is 0 Å². The second-order valence-electron chi connectivity index (χ2n) is 7.11. The monoisotopic (exact) mass is 324 g/mol. The summed E-state index contributed by atoms with van der Waals surface area (Å²) in [6.45, 7) is 0. The largest absolute Gasteiger partial charge is 0.508 e. The van der Waals surface area contributed by atoms with Gasteiger partial charge in [-0.25, -0.2) is 0 Å². The van der Waals surface area contributed by atoms with Crippen LogP contribution in [0.1, 0.15) is 74.3 Å². The first kappa shape index (κ1) is 16.9. The smallest absolute Gasteiger partial charge is 0.119 e. The molecule has 2 fully saturated rings. The van der Waals surface area contributed by atoms with Gasteiger partial charge >= 0.3 is 0 Å². The fourth-order valence-corrected chi connectivity index (χ4v) is 4.08. The molecule has 0 amide bonds. The molecule has 128 valence electrons. The van der Waals surface area contributed by atoms with Gasteiger partial charge in [0.05, 0.1) is 0 Å². The first-order chi connectivity index (χ1) is 11.7. The Hall–Kier alpha value is -1.96. The number of hydrogen-bond acceptors (Lipinski definition) is 2. The summed E-state index contributed by atoms with van der Waals surface area (Å²) >= 11 is 0. The summed E-state index contributed by atoms with van der Waals surface area (Å²) in [4.78, 5) is 0. The van der Waals surface area contributed by atoms with Gasteiger partial charge in [-0.2, -0.15) is 0 Å². The van der Waals surface area contributed by atoms with Crippen molar-refractivity contribution in [2.45, 2.75) is 63.2 Å². The molecule has 2 aromatic rings. The molecule has 0 unspecified atom stereocenters. The molecule has 0 aliphatic heterocycles. The van der Waals surface area contributed by atoms with Crippen LogP contribution < -0.4 is 0 Å². The third-order valence-electron chi connectivity index (χ3n) is 5.45. The topological polar surface area (TPSA) is 40.5 Å². The van der Waals surface area contributed by atoms with Gasteiger partial charge in [0, 0.05) is 0 Å². The molecule has 4 rings (SSSR count). The number of phenolic OH excluding ortho intramolecular Hbond substituents is 2. The average molecular weight is 324 g/mol. The standard InChI is InChI=1S/2C11H14O/c12-11-8-4-3-7-10(11)9-5-1-2-6-9;12-11-7-5-10(6-8-11)9-3-1-2-4-9/h3-4,7-9,12H,1-2,5-6H2;5-9,12H,1-4H2. The van der Waals surface area contributed by atoms with Gasteiger partial charge in [-0.1, -0.05) is 56.0 Å². The van der Waals surface area contributed by atoms with E-state index in [1.807, 2.05) is 30.3 Å². The molecule has 0 atom stereocenters. The number of phenols is 2. The average Bonchev–Trinajstić information content (AvgIpc) is 3.31. The molecule has 2 aliphatic carbocycles. The van der Waals surface area contributed by atoms with Gasteiger partial charge in [0.25, 0.3) is 0 Å². The molecule has 0 radical (unpaired) electrons. The first-order valence-electron chi connectivity index (χ1n) is 9.31. The van der Waals surface area contributed by atoms with Crippen molar-refractivity contribution in [3.63, 3.8) is 0 Å². The fraction of sp³-hybridized carbons (Fsp3) is 0.455. The van der Waals surface area contributed by atoms with Crippen molar-refractivity contribution >= 4 is 0 Å². The minimum atomic E-state index is 0.372. The van der Waals surface area contributed by atoms with Gasteiger partial charge in [0.2, 0.25) is 0 Å². The van der Waals surface area contributed by atoms with E-state index in [2.05, 4.69) is 0 Å². The Labute approximate surface area is 145 Å². The Kier molecular flexibility index (Phi) is 5.79. The van der Waals surface area contributed by atoms with Crippen LogP contribution in [0.25, 0.3) is 0 Å². The van der Waals surface area contributed by atoms with Gasteiger partial charge in [0.1, 0.15) is 11.5 Å².